The van der Waals surface area contributed by atoms with Gasteiger partial charge in [-0.3, -0.25) is 4.98 Å². The summed E-state index contributed by atoms with van der Waals surface area (Å²) in [4.78, 5) is 14.8. The van der Waals surface area contributed by atoms with E-state index in [1.165, 1.54) is 6.92 Å². The third-order valence-electron chi connectivity index (χ3n) is 2.35. The molecule has 4 nitrogen and oxygen atoms in total. The first-order valence-electron chi connectivity index (χ1n) is 6.61. The Bertz CT molecular complexity index is 311. The predicted octanol–water partition coefficient (Wildman–Crippen LogP) is 2.47. The van der Waals surface area contributed by atoms with Crippen molar-refractivity contribution in [1.29, 1.82) is 0 Å². The molecule has 0 aliphatic heterocycles. The van der Waals surface area contributed by atoms with E-state index in [1.54, 1.807) is 12.4 Å². The molecular weight excluding hydrogens is 240 g/mol. The minimum Gasteiger partial charge on any atom is -0.385 e. The van der Waals surface area contributed by atoms with Gasteiger partial charge in [0.25, 0.3) is 0 Å². The Hall–Kier alpha value is -1.26. The number of aldehydes is 1. The fraction of sp³-hybridized carbons (Fsp3) is 0.600. The Labute approximate surface area is 117 Å². The van der Waals surface area contributed by atoms with Crippen LogP contribution in [-0.2, 0) is 10.4 Å². The average molecular weight is 268 g/mol. The zero-order valence-corrected chi connectivity index (χ0v) is 13.1. The first kappa shape index (κ1) is 20.1. The Morgan fingerprint density at radius 1 is 1.32 bits per heavy atom. The Kier molecular flexibility index (Phi) is 12.5. The minimum absolute atomic E-state index is 0.726. The van der Waals surface area contributed by atoms with Crippen molar-refractivity contribution >= 4 is 6.29 Å². The van der Waals surface area contributed by atoms with Gasteiger partial charge >= 0.3 is 0 Å². The number of aliphatic hydroxyl groups is 1. The van der Waals surface area contributed by atoms with Gasteiger partial charge in [-0.1, -0.05) is 13.8 Å². The molecule has 0 aromatic carbocycles. The van der Waals surface area contributed by atoms with E-state index in [2.05, 4.69) is 9.88 Å². The van der Waals surface area contributed by atoms with Gasteiger partial charge in [-0.25, -0.2) is 0 Å². The highest BCUT2D eigenvalue weighted by Gasteiger charge is 2.22. The lowest BCUT2D eigenvalue weighted by molar-refractivity contribution is -0.106. The van der Waals surface area contributed by atoms with Gasteiger partial charge in [0.2, 0.25) is 0 Å². The third-order valence-corrected chi connectivity index (χ3v) is 2.35. The lowest BCUT2D eigenvalue weighted by atomic mass is 9.93. The van der Waals surface area contributed by atoms with Crippen LogP contribution in [0.15, 0.2) is 24.5 Å². The number of pyridine rings is 1. The smallest absolute Gasteiger partial charge is 0.116 e. The molecule has 1 aromatic heterocycles. The van der Waals surface area contributed by atoms with E-state index in [1.807, 2.05) is 47.0 Å². The quantitative estimate of drug-likeness (QED) is 0.852. The van der Waals surface area contributed by atoms with Crippen LogP contribution >= 0.6 is 0 Å². The second-order valence-electron chi connectivity index (χ2n) is 4.30. The molecule has 0 aliphatic carbocycles. The van der Waals surface area contributed by atoms with E-state index in [0.717, 1.165) is 24.8 Å². The molecule has 0 aliphatic rings. The summed E-state index contributed by atoms with van der Waals surface area (Å²) in [6.07, 6.45) is 4.89. The van der Waals surface area contributed by atoms with Crippen LogP contribution in [0.5, 0.6) is 0 Å². The van der Waals surface area contributed by atoms with Gasteiger partial charge in [-0.15, -0.1) is 0 Å². The molecule has 0 fully saturated rings. The minimum atomic E-state index is -0.757. The second-order valence-corrected chi connectivity index (χ2v) is 4.30. The highest BCUT2D eigenvalue weighted by molar-refractivity contribution is 5.44. The topological polar surface area (TPSA) is 53.4 Å². The highest BCUT2D eigenvalue weighted by atomic mass is 16.3. The summed E-state index contributed by atoms with van der Waals surface area (Å²) in [5, 5.41) is 10.2. The summed E-state index contributed by atoms with van der Waals surface area (Å²) in [6.45, 7) is 8.15. The summed E-state index contributed by atoms with van der Waals surface area (Å²) < 4.78 is 0. The molecule has 0 spiro atoms. The molecule has 0 amide bonds. The summed E-state index contributed by atoms with van der Waals surface area (Å²) in [6, 6.07) is 3.71. The number of rotatable bonds is 4. The zero-order chi connectivity index (χ0) is 15.3. The van der Waals surface area contributed by atoms with Crippen LogP contribution in [0.4, 0.5) is 0 Å². The predicted molar refractivity (Wildman–Crippen MR) is 80.1 cm³/mol. The maximum absolute atomic E-state index is 10.2. The standard InChI is InChI=1S/C11H18N2O.C2H4O.C2H6/c1-11(14,6-9-13(2)3)10-4-7-12-8-5-10;1-2-3;1-2/h4-5,7-8,14H,6,9H2,1-3H3;2H,1H3;1-2H3. The molecular formula is C15H28N2O2. The van der Waals surface area contributed by atoms with Crippen LogP contribution in [0.2, 0.25) is 0 Å². The summed E-state index contributed by atoms with van der Waals surface area (Å²) in [7, 11) is 4.01. The van der Waals surface area contributed by atoms with Gasteiger partial charge in [-0.2, -0.15) is 0 Å². The normalized spacial score (nSPS) is 12.4. The van der Waals surface area contributed by atoms with Crippen LogP contribution in [-0.4, -0.2) is 41.9 Å². The van der Waals surface area contributed by atoms with Crippen LogP contribution in [0.25, 0.3) is 0 Å². The summed E-state index contributed by atoms with van der Waals surface area (Å²) in [5.74, 6) is 0. The number of carbonyl (C=O) groups is 1. The molecule has 1 rings (SSSR count). The molecule has 0 bridgehead atoms. The molecule has 1 heterocycles. The molecule has 1 N–H and O–H groups in total. The number of hydrogen-bond donors (Lipinski definition) is 1. The molecule has 1 atom stereocenters. The maximum atomic E-state index is 10.2. The SMILES string of the molecule is CC.CC=O.CN(C)CCC(C)(O)c1ccncc1. The van der Waals surface area contributed by atoms with E-state index < -0.39 is 5.60 Å². The fourth-order valence-corrected chi connectivity index (χ4v) is 1.30. The maximum Gasteiger partial charge on any atom is 0.116 e. The molecule has 1 unspecified atom stereocenters. The molecule has 1 aromatic rings. The molecule has 0 saturated carbocycles. The molecule has 0 saturated heterocycles. The van der Waals surface area contributed by atoms with E-state index in [4.69, 9.17) is 4.79 Å². The van der Waals surface area contributed by atoms with Crippen molar-refractivity contribution in [2.45, 2.75) is 39.7 Å². The Morgan fingerprint density at radius 2 is 1.74 bits per heavy atom. The number of nitrogens with zero attached hydrogens (tertiary/aromatic N) is 2. The largest absolute Gasteiger partial charge is 0.385 e. The van der Waals surface area contributed by atoms with Crippen molar-refractivity contribution in [3.63, 3.8) is 0 Å². The zero-order valence-electron chi connectivity index (χ0n) is 13.1. The van der Waals surface area contributed by atoms with Crippen molar-refractivity contribution < 1.29 is 9.90 Å². The number of carbonyl (C=O) groups excluding carboxylic acids is 1. The molecule has 19 heavy (non-hydrogen) atoms. The monoisotopic (exact) mass is 268 g/mol. The van der Waals surface area contributed by atoms with E-state index in [-0.39, 0.29) is 0 Å². The van der Waals surface area contributed by atoms with Crippen LogP contribution in [0, 0.1) is 0 Å². The Balaban J connectivity index is 0. The third kappa shape index (κ3) is 10.4. The number of hydrogen-bond acceptors (Lipinski definition) is 4. The van der Waals surface area contributed by atoms with Crippen LogP contribution in [0.3, 0.4) is 0 Å². The molecule has 110 valence electrons. The van der Waals surface area contributed by atoms with Crippen molar-refractivity contribution in [1.82, 2.24) is 9.88 Å². The van der Waals surface area contributed by atoms with Gasteiger partial charge in [-0.05, 0) is 52.1 Å². The van der Waals surface area contributed by atoms with Gasteiger partial charge in [0.15, 0.2) is 0 Å². The van der Waals surface area contributed by atoms with Crippen LogP contribution < -0.4 is 0 Å². The van der Waals surface area contributed by atoms with E-state index in [0.29, 0.717) is 0 Å². The van der Waals surface area contributed by atoms with Crippen molar-refractivity contribution in [3.05, 3.63) is 30.1 Å². The van der Waals surface area contributed by atoms with E-state index in [9.17, 15) is 5.11 Å². The lowest BCUT2D eigenvalue weighted by Gasteiger charge is -2.25. The second kappa shape index (κ2) is 11.8. The summed E-state index contributed by atoms with van der Waals surface area (Å²) >= 11 is 0. The Morgan fingerprint density at radius 3 is 2.11 bits per heavy atom. The summed E-state index contributed by atoms with van der Waals surface area (Å²) in [5.41, 5.74) is 0.169. The fourth-order valence-electron chi connectivity index (χ4n) is 1.30. The van der Waals surface area contributed by atoms with Gasteiger partial charge in [0, 0.05) is 18.9 Å². The van der Waals surface area contributed by atoms with Gasteiger partial charge in [0.05, 0.1) is 5.60 Å². The lowest BCUT2D eigenvalue weighted by Crippen LogP contribution is -2.27. The van der Waals surface area contributed by atoms with Gasteiger partial charge < -0.3 is 14.8 Å². The highest BCUT2D eigenvalue weighted by Crippen LogP contribution is 2.23. The first-order valence-corrected chi connectivity index (χ1v) is 6.61. The van der Waals surface area contributed by atoms with Crippen molar-refractivity contribution in [3.8, 4) is 0 Å². The van der Waals surface area contributed by atoms with Crippen LogP contribution in [0.1, 0.15) is 39.7 Å². The molecule has 0 radical (unpaired) electrons. The van der Waals surface area contributed by atoms with Crippen molar-refractivity contribution in [2.24, 2.45) is 0 Å². The average Bonchev–Trinajstić information content (AvgIpc) is 2.41. The number of aromatic nitrogens is 1. The van der Waals surface area contributed by atoms with E-state index >= 15 is 0 Å². The van der Waals surface area contributed by atoms with Crippen molar-refractivity contribution in [2.75, 3.05) is 20.6 Å². The molecule has 4 heteroatoms. The van der Waals surface area contributed by atoms with Gasteiger partial charge in [0.1, 0.15) is 6.29 Å². The first-order chi connectivity index (χ1) is 8.94.